The monoisotopic (exact) mass is 445 g/mol. The molecule has 0 aliphatic rings. The first-order valence-corrected chi connectivity index (χ1v) is 10.0. The van der Waals surface area contributed by atoms with Gasteiger partial charge < -0.3 is 18.9 Å². The molecule has 0 saturated heterocycles. The van der Waals surface area contributed by atoms with E-state index in [1.54, 1.807) is 0 Å². The van der Waals surface area contributed by atoms with Crippen LogP contribution in [0.25, 0.3) is 0 Å². The largest absolute Gasteiger partial charge is 1.00 e. The maximum Gasteiger partial charge on any atom is 1.00 e. The van der Waals surface area contributed by atoms with E-state index in [9.17, 15) is 32.9 Å². The number of nitro groups is 1. The average molecular weight is 445 g/mol. The van der Waals surface area contributed by atoms with E-state index in [0.717, 1.165) is 36.6 Å². The van der Waals surface area contributed by atoms with Gasteiger partial charge in [-0.15, -0.1) is 5.11 Å². The number of non-ortho nitro benzene ring substituents is 1. The smallest absolute Gasteiger partial charge is 0.780 e. The molecule has 11 nitrogen and oxygen atoms in total. The molecule has 0 atom stereocenters. The van der Waals surface area contributed by atoms with Crippen LogP contribution in [0, 0.1) is 10.1 Å². The van der Waals surface area contributed by atoms with Crippen molar-refractivity contribution in [1.29, 1.82) is 0 Å². The van der Waals surface area contributed by atoms with Crippen LogP contribution < -0.4 is 73.4 Å². The van der Waals surface area contributed by atoms with Crippen molar-refractivity contribution < 1.29 is 91.3 Å². The molecule has 138 valence electrons. The number of nitrogens with zero attached hydrogens (tertiary/aromatic N) is 3. The molecule has 0 aliphatic heterocycles. The fourth-order valence-electron chi connectivity index (χ4n) is 1.81. The van der Waals surface area contributed by atoms with Crippen LogP contribution in [0.4, 0.5) is 17.1 Å². The minimum Gasteiger partial charge on any atom is -0.780 e. The number of rotatable bonds is 6. The van der Waals surface area contributed by atoms with Gasteiger partial charge in [-0.1, -0.05) is 0 Å². The molecule has 0 unspecified atom stereocenters. The quantitative estimate of drug-likeness (QED) is 0.141. The van der Waals surface area contributed by atoms with Gasteiger partial charge in [-0.05, 0) is 30.3 Å². The van der Waals surface area contributed by atoms with Crippen molar-refractivity contribution in [2.24, 2.45) is 10.2 Å². The maximum atomic E-state index is 11.8. The minimum absolute atomic E-state index is 0. The molecule has 2 rings (SSSR count). The summed E-state index contributed by atoms with van der Waals surface area (Å²) in [4.78, 5) is 30.7. The van der Waals surface area contributed by atoms with Crippen molar-refractivity contribution in [2.75, 3.05) is 6.26 Å². The Balaban J connectivity index is 0.00000364. The van der Waals surface area contributed by atoms with Crippen LogP contribution in [0.1, 0.15) is 0 Å². The van der Waals surface area contributed by atoms with E-state index >= 15 is 0 Å². The molecule has 0 heterocycles. The van der Waals surface area contributed by atoms with Crippen LogP contribution in [-0.4, -0.2) is 19.6 Å². The number of benzene rings is 2. The molecule has 28 heavy (non-hydrogen) atoms. The van der Waals surface area contributed by atoms with Gasteiger partial charge in [0.2, 0.25) is 0 Å². The number of nitro benzene ring substituents is 1. The first-order chi connectivity index (χ1) is 12.0. The average Bonchev–Trinajstić information content (AvgIpc) is 2.51. The SMILES string of the molecule is CS(=O)(=O)c1cc([N+](=O)[O-])ccc1N=Nc1ccc(OP(=O)([O-])[O-])cc1.[Na+].[Na+]. The second kappa shape index (κ2) is 10.9. The molecule has 2 aromatic carbocycles. The third-order valence-corrected chi connectivity index (χ3v) is 4.44. The molecule has 0 amide bonds. The number of hydrogen-bond donors (Lipinski definition) is 0. The van der Waals surface area contributed by atoms with Gasteiger partial charge in [-0.25, -0.2) is 8.42 Å². The Bertz CT molecular complexity index is 1020. The van der Waals surface area contributed by atoms with Gasteiger partial charge in [0.05, 0.1) is 10.6 Å². The van der Waals surface area contributed by atoms with Crippen LogP contribution in [0.3, 0.4) is 0 Å². The van der Waals surface area contributed by atoms with Gasteiger partial charge in [0.1, 0.15) is 24.2 Å². The second-order valence-corrected chi connectivity index (χ2v) is 7.97. The Hall–Kier alpha value is -0.660. The van der Waals surface area contributed by atoms with Crippen molar-refractivity contribution in [3.63, 3.8) is 0 Å². The normalized spacial score (nSPS) is 11.4. The van der Waals surface area contributed by atoms with Crippen molar-refractivity contribution in [3.05, 3.63) is 52.6 Å². The molecule has 0 aliphatic carbocycles. The maximum absolute atomic E-state index is 11.8. The van der Waals surface area contributed by atoms with Gasteiger partial charge in [-0.3, -0.25) is 10.1 Å². The molecule has 0 aromatic heterocycles. The van der Waals surface area contributed by atoms with Crippen LogP contribution in [-0.2, 0) is 14.4 Å². The molecular weight excluding hydrogens is 435 g/mol. The Morgan fingerprint density at radius 1 is 1.04 bits per heavy atom. The molecule has 15 heteroatoms. The van der Waals surface area contributed by atoms with Gasteiger partial charge >= 0.3 is 59.1 Å². The predicted molar refractivity (Wildman–Crippen MR) is 85.1 cm³/mol. The van der Waals surface area contributed by atoms with Gasteiger partial charge in [0, 0.05) is 18.4 Å². The first-order valence-electron chi connectivity index (χ1n) is 6.68. The molecule has 2 aromatic rings. The van der Waals surface area contributed by atoms with Crippen LogP contribution >= 0.6 is 7.82 Å². The van der Waals surface area contributed by atoms with Crippen LogP contribution in [0.5, 0.6) is 5.75 Å². The zero-order valence-corrected chi connectivity index (χ0v) is 20.7. The van der Waals surface area contributed by atoms with Crippen molar-refractivity contribution in [3.8, 4) is 5.75 Å². The third kappa shape index (κ3) is 8.37. The van der Waals surface area contributed by atoms with E-state index in [2.05, 4.69) is 14.8 Å². The van der Waals surface area contributed by atoms with Gasteiger partial charge in [-0.2, -0.15) is 5.11 Å². The number of sulfone groups is 1. The van der Waals surface area contributed by atoms with E-state index in [-0.39, 0.29) is 81.1 Å². The second-order valence-electron chi connectivity index (χ2n) is 4.91. The van der Waals surface area contributed by atoms with E-state index in [1.807, 2.05) is 0 Å². The van der Waals surface area contributed by atoms with Crippen molar-refractivity contribution in [1.82, 2.24) is 0 Å². The summed E-state index contributed by atoms with van der Waals surface area (Å²) in [6, 6.07) is 7.97. The Morgan fingerprint density at radius 3 is 2.07 bits per heavy atom. The Kier molecular flexibility index (Phi) is 10.7. The molecule has 0 spiro atoms. The van der Waals surface area contributed by atoms with Crippen molar-refractivity contribution in [2.45, 2.75) is 4.90 Å². The van der Waals surface area contributed by atoms with Crippen LogP contribution in [0.15, 0.2) is 57.6 Å². The number of phosphoric ester groups is 1. The molecule has 0 saturated carbocycles. The van der Waals surface area contributed by atoms with Crippen molar-refractivity contribution >= 4 is 34.7 Å². The third-order valence-electron chi connectivity index (χ3n) is 2.88. The summed E-state index contributed by atoms with van der Waals surface area (Å²) in [5, 5.41) is 18.3. The zero-order valence-electron chi connectivity index (χ0n) is 15.0. The van der Waals surface area contributed by atoms with Gasteiger partial charge in [0.25, 0.3) is 5.69 Å². The van der Waals surface area contributed by atoms with E-state index in [4.69, 9.17) is 0 Å². The summed E-state index contributed by atoms with van der Waals surface area (Å²) >= 11 is 0. The number of hydrogen-bond acceptors (Lipinski definition) is 10. The molecule has 0 fully saturated rings. The summed E-state index contributed by atoms with van der Waals surface area (Å²) < 4.78 is 38.2. The number of azo groups is 1. The summed E-state index contributed by atoms with van der Waals surface area (Å²) in [6.45, 7) is 0. The molecule has 0 radical (unpaired) electrons. The Morgan fingerprint density at radius 2 is 1.61 bits per heavy atom. The fraction of sp³-hybridized carbons (Fsp3) is 0.0769. The topological polar surface area (TPSA) is 174 Å². The summed E-state index contributed by atoms with van der Waals surface area (Å²) in [7, 11) is -8.98. The van der Waals surface area contributed by atoms with E-state index < -0.39 is 28.3 Å². The molecular formula is C13H10N3Na2O8PS. The van der Waals surface area contributed by atoms with E-state index in [0.29, 0.717) is 0 Å². The molecule has 0 bridgehead atoms. The van der Waals surface area contributed by atoms with Crippen LogP contribution in [0.2, 0.25) is 0 Å². The molecule has 0 N–H and O–H groups in total. The van der Waals surface area contributed by atoms with E-state index in [1.165, 1.54) is 12.1 Å². The zero-order chi connectivity index (χ0) is 19.5. The Labute approximate surface area is 204 Å². The first kappa shape index (κ1) is 27.3. The summed E-state index contributed by atoms with van der Waals surface area (Å²) in [6.07, 6.45) is 0.876. The summed E-state index contributed by atoms with van der Waals surface area (Å²) in [5.74, 6) is -0.218. The van der Waals surface area contributed by atoms with Gasteiger partial charge in [0.15, 0.2) is 9.84 Å². The number of phosphoric acid groups is 1. The predicted octanol–water partition coefficient (Wildman–Crippen LogP) is -4.37. The standard InChI is InChI=1S/C13H12N3O8PS.2Na/c1-26(22,23)13-8-10(16(17)18)4-7-12(13)15-14-9-2-5-11(6-3-9)24-25(19,20)21;;/h2-8H,1H3,(H2,19,20,21);;/q;2*+1/p-2. The summed E-state index contributed by atoms with van der Waals surface area (Å²) in [5.41, 5.74) is -0.325. The minimum atomic E-state index is -5.18. The fourth-order valence-corrected chi connectivity index (χ4v) is 3.01.